The van der Waals surface area contributed by atoms with Crippen molar-refractivity contribution in [2.75, 3.05) is 5.32 Å². The SMILES string of the molecule is N#Cc1cc(F)ccc1NC(=O)c1cc(Br)ccc1O. The lowest BCUT2D eigenvalue weighted by Crippen LogP contribution is -2.13. The van der Waals surface area contributed by atoms with E-state index in [2.05, 4.69) is 21.2 Å². The van der Waals surface area contributed by atoms with Gasteiger partial charge in [0.2, 0.25) is 0 Å². The Kier molecular flexibility index (Phi) is 4.01. The van der Waals surface area contributed by atoms with Crippen LogP contribution >= 0.6 is 15.9 Å². The minimum atomic E-state index is -0.591. The average molecular weight is 335 g/mol. The van der Waals surface area contributed by atoms with Crippen LogP contribution in [-0.2, 0) is 0 Å². The second-order valence-corrected chi connectivity index (χ2v) is 4.83. The highest BCUT2D eigenvalue weighted by Gasteiger charge is 2.14. The van der Waals surface area contributed by atoms with Crippen molar-refractivity contribution in [3.05, 3.63) is 57.8 Å². The molecule has 100 valence electrons. The number of phenols is 1. The van der Waals surface area contributed by atoms with Crippen molar-refractivity contribution < 1.29 is 14.3 Å². The maximum Gasteiger partial charge on any atom is 0.259 e. The van der Waals surface area contributed by atoms with Crippen LogP contribution in [0, 0.1) is 17.1 Å². The number of carbonyl (C=O) groups is 1. The minimum absolute atomic E-state index is 0.00726. The summed E-state index contributed by atoms with van der Waals surface area (Å²) in [7, 11) is 0. The lowest BCUT2D eigenvalue weighted by Gasteiger charge is -2.08. The smallest absolute Gasteiger partial charge is 0.259 e. The van der Waals surface area contributed by atoms with Gasteiger partial charge in [0, 0.05) is 4.47 Å². The molecule has 2 aromatic rings. The van der Waals surface area contributed by atoms with E-state index in [1.54, 1.807) is 12.1 Å². The zero-order valence-electron chi connectivity index (χ0n) is 10.0. The molecule has 0 aliphatic carbocycles. The molecule has 6 heteroatoms. The van der Waals surface area contributed by atoms with E-state index >= 15 is 0 Å². The van der Waals surface area contributed by atoms with Crippen LogP contribution in [0.15, 0.2) is 40.9 Å². The maximum absolute atomic E-state index is 13.0. The van der Waals surface area contributed by atoms with Crippen LogP contribution in [0.25, 0.3) is 0 Å². The molecular formula is C14H8BrFN2O2. The molecule has 0 saturated carbocycles. The maximum atomic E-state index is 13.0. The summed E-state index contributed by atoms with van der Waals surface area (Å²) in [6, 6.07) is 9.65. The monoisotopic (exact) mass is 334 g/mol. The van der Waals surface area contributed by atoms with Crippen molar-refractivity contribution in [2.45, 2.75) is 0 Å². The third-order valence-corrected chi connectivity index (χ3v) is 3.05. The van der Waals surface area contributed by atoms with E-state index in [1.165, 1.54) is 18.2 Å². The highest BCUT2D eigenvalue weighted by atomic mass is 79.9. The number of benzene rings is 2. The predicted molar refractivity (Wildman–Crippen MR) is 74.9 cm³/mol. The Hall–Kier alpha value is -2.39. The van der Waals surface area contributed by atoms with Gasteiger partial charge < -0.3 is 10.4 Å². The van der Waals surface area contributed by atoms with Crippen molar-refractivity contribution in [1.82, 2.24) is 0 Å². The molecule has 2 rings (SSSR count). The lowest BCUT2D eigenvalue weighted by atomic mass is 10.1. The molecule has 0 atom stereocenters. The minimum Gasteiger partial charge on any atom is -0.507 e. The van der Waals surface area contributed by atoms with E-state index in [-0.39, 0.29) is 22.6 Å². The summed E-state index contributed by atoms with van der Waals surface area (Å²) in [5, 5.41) is 21.0. The lowest BCUT2D eigenvalue weighted by molar-refractivity contribution is 0.102. The van der Waals surface area contributed by atoms with Crippen LogP contribution in [0.2, 0.25) is 0 Å². The summed E-state index contributed by atoms with van der Waals surface area (Å²) in [5.74, 6) is -1.34. The van der Waals surface area contributed by atoms with Gasteiger partial charge in [-0.2, -0.15) is 5.26 Å². The standard InChI is InChI=1S/C14H8BrFN2O2/c15-9-1-4-13(19)11(6-9)14(20)18-12-3-2-10(16)5-8(12)7-17/h1-6,19H,(H,18,20). The number of phenolic OH excluding ortho intramolecular Hbond substituents is 1. The highest BCUT2D eigenvalue weighted by molar-refractivity contribution is 9.10. The first-order valence-corrected chi connectivity index (χ1v) is 6.30. The molecule has 0 unspecified atom stereocenters. The summed E-state index contributed by atoms with van der Waals surface area (Å²) < 4.78 is 13.6. The molecule has 2 aromatic carbocycles. The summed E-state index contributed by atoms with van der Waals surface area (Å²) in [4.78, 5) is 12.0. The molecule has 0 saturated heterocycles. The molecule has 20 heavy (non-hydrogen) atoms. The molecule has 0 fully saturated rings. The Labute approximate surface area is 122 Å². The summed E-state index contributed by atoms with van der Waals surface area (Å²) in [5.41, 5.74) is 0.235. The van der Waals surface area contributed by atoms with Gasteiger partial charge in [-0.15, -0.1) is 0 Å². The van der Waals surface area contributed by atoms with E-state index < -0.39 is 11.7 Å². The molecule has 0 aromatic heterocycles. The van der Waals surface area contributed by atoms with Crippen molar-refractivity contribution in [2.24, 2.45) is 0 Å². The number of nitrogens with one attached hydrogen (secondary N) is 1. The van der Waals surface area contributed by atoms with Gasteiger partial charge in [-0.25, -0.2) is 4.39 Å². The van der Waals surface area contributed by atoms with Gasteiger partial charge >= 0.3 is 0 Å². The van der Waals surface area contributed by atoms with Crippen molar-refractivity contribution in [3.8, 4) is 11.8 Å². The molecule has 0 aliphatic heterocycles. The van der Waals surface area contributed by atoms with Crippen LogP contribution in [0.1, 0.15) is 15.9 Å². The summed E-state index contributed by atoms with van der Waals surface area (Å²) >= 11 is 3.19. The molecule has 4 nitrogen and oxygen atoms in total. The van der Waals surface area contributed by atoms with E-state index in [9.17, 15) is 14.3 Å². The molecule has 2 N–H and O–H groups in total. The highest BCUT2D eigenvalue weighted by Crippen LogP contribution is 2.24. The van der Waals surface area contributed by atoms with E-state index in [1.807, 2.05) is 0 Å². The van der Waals surface area contributed by atoms with Crippen LogP contribution in [0.5, 0.6) is 5.75 Å². The van der Waals surface area contributed by atoms with Crippen molar-refractivity contribution in [1.29, 1.82) is 5.26 Å². The fourth-order valence-corrected chi connectivity index (χ4v) is 1.96. The van der Waals surface area contributed by atoms with Gasteiger partial charge in [-0.05, 0) is 36.4 Å². The van der Waals surface area contributed by atoms with Gasteiger partial charge in [0.1, 0.15) is 17.6 Å². The van der Waals surface area contributed by atoms with Gasteiger partial charge in [-0.3, -0.25) is 4.79 Å². The van der Waals surface area contributed by atoms with Crippen molar-refractivity contribution in [3.63, 3.8) is 0 Å². The molecule has 0 spiro atoms. The Morgan fingerprint density at radius 1 is 1.30 bits per heavy atom. The quantitative estimate of drug-likeness (QED) is 0.883. The number of rotatable bonds is 2. The Morgan fingerprint density at radius 2 is 2.05 bits per heavy atom. The number of aromatic hydroxyl groups is 1. The zero-order valence-corrected chi connectivity index (χ0v) is 11.6. The topological polar surface area (TPSA) is 73.1 Å². The fraction of sp³-hybridized carbons (Fsp3) is 0. The first-order valence-electron chi connectivity index (χ1n) is 5.51. The molecule has 0 bridgehead atoms. The molecule has 0 heterocycles. The predicted octanol–water partition coefficient (Wildman–Crippen LogP) is 3.42. The van der Waals surface area contributed by atoms with Gasteiger partial charge in [0.25, 0.3) is 5.91 Å². The van der Waals surface area contributed by atoms with E-state index in [4.69, 9.17) is 5.26 Å². The average Bonchev–Trinajstić information content (AvgIpc) is 2.43. The number of halogens is 2. The molecule has 0 radical (unpaired) electrons. The Balaban J connectivity index is 2.33. The number of hydrogen-bond acceptors (Lipinski definition) is 3. The number of carbonyl (C=O) groups excluding carboxylic acids is 1. The first-order chi connectivity index (χ1) is 9.51. The van der Waals surface area contributed by atoms with E-state index in [0.29, 0.717) is 4.47 Å². The summed E-state index contributed by atoms with van der Waals surface area (Å²) in [6.07, 6.45) is 0. The van der Waals surface area contributed by atoms with Crippen LogP contribution in [0.3, 0.4) is 0 Å². The number of nitrogens with zero attached hydrogens (tertiary/aromatic N) is 1. The number of hydrogen-bond donors (Lipinski definition) is 2. The normalized spacial score (nSPS) is 9.85. The molecule has 1 amide bonds. The second-order valence-electron chi connectivity index (χ2n) is 3.92. The van der Waals surface area contributed by atoms with Crippen LogP contribution in [-0.4, -0.2) is 11.0 Å². The number of amides is 1. The number of nitriles is 1. The zero-order chi connectivity index (χ0) is 14.7. The fourth-order valence-electron chi connectivity index (χ4n) is 1.60. The van der Waals surface area contributed by atoms with Gasteiger partial charge in [0.15, 0.2) is 0 Å². The first kappa shape index (κ1) is 14.0. The van der Waals surface area contributed by atoms with E-state index in [0.717, 1.165) is 12.1 Å². The third-order valence-electron chi connectivity index (χ3n) is 2.55. The van der Waals surface area contributed by atoms with Gasteiger partial charge in [-0.1, -0.05) is 15.9 Å². The molecule has 0 aliphatic rings. The van der Waals surface area contributed by atoms with Gasteiger partial charge in [0.05, 0.1) is 16.8 Å². The second kappa shape index (κ2) is 5.72. The Morgan fingerprint density at radius 3 is 2.75 bits per heavy atom. The molecular weight excluding hydrogens is 327 g/mol. The summed E-state index contributed by atoms with van der Waals surface area (Å²) in [6.45, 7) is 0. The Bertz CT molecular complexity index is 726. The van der Waals surface area contributed by atoms with Crippen molar-refractivity contribution >= 4 is 27.5 Å². The third kappa shape index (κ3) is 2.95. The van der Waals surface area contributed by atoms with Crippen LogP contribution < -0.4 is 5.32 Å². The van der Waals surface area contributed by atoms with Crippen LogP contribution in [0.4, 0.5) is 10.1 Å². The largest absolute Gasteiger partial charge is 0.507 e. The number of anilines is 1.